The molecule has 1 aromatic heterocycles. The third-order valence-corrected chi connectivity index (χ3v) is 4.58. The number of carbonyl (C=O) groups is 1. The highest BCUT2D eigenvalue weighted by molar-refractivity contribution is 9.10. The lowest BCUT2D eigenvalue weighted by Gasteiger charge is -2.03. The molecule has 5 nitrogen and oxygen atoms in total. The van der Waals surface area contributed by atoms with Crippen molar-refractivity contribution < 1.29 is 4.79 Å². The maximum absolute atomic E-state index is 12.0. The number of carbonyl (C=O) groups excluding carboxylic acids is 1. The predicted octanol–water partition coefficient (Wildman–Crippen LogP) is 3.11. The molecular weight excluding hydrogens is 354 g/mol. The molecule has 1 aromatic carbocycles. The predicted molar refractivity (Wildman–Crippen MR) is 87.0 cm³/mol. The fourth-order valence-electron chi connectivity index (χ4n) is 1.87. The lowest BCUT2D eigenvalue weighted by atomic mass is 10.1. The number of nitrogens with one attached hydrogen (secondary N) is 1. The van der Waals surface area contributed by atoms with Gasteiger partial charge in [0.05, 0.1) is 0 Å². The molecule has 1 heterocycles. The smallest absolute Gasteiger partial charge is 0.294 e. The average Bonchev–Trinajstić information content (AvgIpc) is 2.84. The molecule has 0 amide bonds. The monoisotopic (exact) mass is 369 g/mol. The minimum atomic E-state index is -0.189. The van der Waals surface area contributed by atoms with E-state index in [1.165, 1.54) is 11.8 Å². The van der Waals surface area contributed by atoms with Gasteiger partial charge in [-0.1, -0.05) is 39.8 Å². The Kier molecular flexibility index (Phi) is 5.81. The van der Waals surface area contributed by atoms with Crippen molar-refractivity contribution in [2.75, 3.05) is 5.75 Å². The van der Waals surface area contributed by atoms with Gasteiger partial charge in [0, 0.05) is 28.8 Å². The van der Waals surface area contributed by atoms with Crippen molar-refractivity contribution in [2.24, 2.45) is 0 Å². The summed E-state index contributed by atoms with van der Waals surface area (Å²) in [6.07, 6.45) is 1.25. The van der Waals surface area contributed by atoms with Crippen molar-refractivity contribution in [3.63, 3.8) is 0 Å². The summed E-state index contributed by atoms with van der Waals surface area (Å²) >= 11 is 4.84. The van der Waals surface area contributed by atoms with Crippen molar-refractivity contribution in [2.45, 2.75) is 31.5 Å². The number of hydrogen-bond acceptors (Lipinski definition) is 4. The first kappa shape index (κ1) is 16.0. The van der Waals surface area contributed by atoms with Crippen molar-refractivity contribution in [3.8, 4) is 0 Å². The molecule has 0 atom stereocenters. The fourth-order valence-corrected chi connectivity index (χ4v) is 3.08. The van der Waals surface area contributed by atoms with Gasteiger partial charge in [0.25, 0.3) is 0 Å². The highest BCUT2D eigenvalue weighted by Crippen LogP contribution is 2.17. The minimum Gasteiger partial charge on any atom is -0.294 e. The van der Waals surface area contributed by atoms with Crippen LogP contribution in [0, 0.1) is 0 Å². The van der Waals surface area contributed by atoms with Crippen LogP contribution in [0.4, 0.5) is 0 Å². The normalized spacial score (nSPS) is 10.8. The van der Waals surface area contributed by atoms with Crippen LogP contribution in [0.15, 0.2) is 38.7 Å². The van der Waals surface area contributed by atoms with E-state index in [9.17, 15) is 9.59 Å². The van der Waals surface area contributed by atoms with Crippen LogP contribution < -0.4 is 5.69 Å². The van der Waals surface area contributed by atoms with Crippen LogP contribution in [-0.2, 0) is 6.54 Å². The molecule has 0 fully saturated rings. The van der Waals surface area contributed by atoms with E-state index in [0.717, 1.165) is 22.2 Å². The molecule has 0 saturated carbocycles. The highest BCUT2D eigenvalue weighted by Gasteiger charge is 2.08. The Morgan fingerprint density at radius 1 is 1.38 bits per heavy atom. The first-order valence-electron chi connectivity index (χ1n) is 6.68. The molecule has 112 valence electrons. The zero-order valence-electron chi connectivity index (χ0n) is 11.6. The van der Waals surface area contributed by atoms with Gasteiger partial charge in [-0.25, -0.2) is 9.89 Å². The topological polar surface area (TPSA) is 67.8 Å². The molecule has 2 aromatic rings. The summed E-state index contributed by atoms with van der Waals surface area (Å²) in [7, 11) is 0. The zero-order valence-corrected chi connectivity index (χ0v) is 14.0. The quantitative estimate of drug-likeness (QED) is 0.462. The van der Waals surface area contributed by atoms with Gasteiger partial charge in [-0.15, -0.1) is 5.10 Å². The number of halogens is 1. The van der Waals surface area contributed by atoms with E-state index in [0.29, 0.717) is 18.1 Å². The number of benzene rings is 1. The number of H-pyrrole nitrogens is 1. The van der Waals surface area contributed by atoms with Crippen molar-refractivity contribution in [1.29, 1.82) is 0 Å². The van der Waals surface area contributed by atoms with Crippen LogP contribution in [0.25, 0.3) is 0 Å². The molecule has 1 N–H and O–H groups in total. The van der Waals surface area contributed by atoms with E-state index in [1.54, 1.807) is 4.57 Å². The van der Waals surface area contributed by atoms with Gasteiger partial charge in [0.2, 0.25) is 0 Å². The zero-order chi connectivity index (χ0) is 15.2. The number of aromatic amines is 1. The summed E-state index contributed by atoms with van der Waals surface area (Å²) in [4.78, 5) is 23.4. The molecule has 7 heteroatoms. The molecule has 21 heavy (non-hydrogen) atoms. The van der Waals surface area contributed by atoms with Gasteiger partial charge in [-0.2, -0.15) is 0 Å². The van der Waals surface area contributed by atoms with Crippen LogP contribution >= 0.6 is 27.7 Å². The molecule has 0 bridgehead atoms. The van der Waals surface area contributed by atoms with E-state index in [4.69, 9.17) is 0 Å². The Morgan fingerprint density at radius 2 is 2.10 bits per heavy atom. The highest BCUT2D eigenvalue weighted by atomic mass is 79.9. The lowest BCUT2D eigenvalue weighted by Crippen LogP contribution is -2.16. The average molecular weight is 370 g/mol. The second-order valence-corrected chi connectivity index (χ2v) is 6.42. The molecule has 0 aliphatic carbocycles. The van der Waals surface area contributed by atoms with Crippen molar-refractivity contribution in [1.82, 2.24) is 14.8 Å². The second kappa shape index (κ2) is 7.61. The van der Waals surface area contributed by atoms with E-state index in [-0.39, 0.29) is 11.5 Å². The number of aromatic nitrogens is 3. The number of hydrogen-bond donors (Lipinski definition) is 1. The maximum Gasteiger partial charge on any atom is 0.343 e. The summed E-state index contributed by atoms with van der Waals surface area (Å²) in [5, 5.41) is 7.08. The molecule has 0 spiro atoms. The third-order valence-electron chi connectivity index (χ3n) is 2.99. The van der Waals surface area contributed by atoms with Crippen LogP contribution in [0.2, 0.25) is 0 Å². The van der Waals surface area contributed by atoms with Gasteiger partial charge in [0.15, 0.2) is 10.9 Å². The summed E-state index contributed by atoms with van der Waals surface area (Å²) in [5.74, 6) is 0.894. The summed E-state index contributed by atoms with van der Waals surface area (Å²) < 4.78 is 2.55. The van der Waals surface area contributed by atoms with Gasteiger partial charge in [-0.3, -0.25) is 9.36 Å². The van der Waals surface area contributed by atoms with E-state index in [1.807, 2.05) is 31.2 Å². The van der Waals surface area contributed by atoms with Crippen LogP contribution in [0.1, 0.15) is 30.1 Å². The molecule has 2 rings (SSSR count). The summed E-state index contributed by atoms with van der Waals surface area (Å²) in [6.45, 7) is 2.49. The Morgan fingerprint density at radius 3 is 2.76 bits per heavy atom. The van der Waals surface area contributed by atoms with Crippen LogP contribution in [0.3, 0.4) is 0 Å². The first-order chi connectivity index (χ1) is 10.1. The largest absolute Gasteiger partial charge is 0.343 e. The number of Topliss-reactive ketones (excluding diaryl/α,β-unsaturated/α-hetero) is 1. The van der Waals surface area contributed by atoms with Crippen molar-refractivity contribution in [3.05, 3.63) is 44.8 Å². The number of ketones is 1. The van der Waals surface area contributed by atoms with Gasteiger partial charge in [0.1, 0.15) is 0 Å². The SMILES string of the molecule is CCn1c(SCCCC(=O)c2ccc(Br)cc2)n[nH]c1=O. The van der Waals surface area contributed by atoms with Crippen LogP contribution in [-0.4, -0.2) is 26.3 Å². The Hall–Kier alpha value is -1.34. The maximum atomic E-state index is 12.0. The summed E-state index contributed by atoms with van der Waals surface area (Å²) in [6, 6.07) is 7.38. The van der Waals surface area contributed by atoms with E-state index >= 15 is 0 Å². The van der Waals surface area contributed by atoms with Gasteiger partial charge >= 0.3 is 5.69 Å². The lowest BCUT2D eigenvalue weighted by molar-refractivity contribution is 0.0982. The van der Waals surface area contributed by atoms with Crippen molar-refractivity contribution >= 4 is 33.5 Å². The fraction of sp³-hybridized carbons (Fsp3) is 0.357. The van der Waals surface area contributed by atoms with E-state index in [2.05, 4.69) is 26.1 Å². The summed E-state index contributed by atoms with van der Waals surface area (Å²) in [5.41, 5.74) is 0.541. The van der Waals surface area contributed by atoms with Gasteiger partial charge in [-0.05, 0) is 25.5 Å². The number of rotatable bonds is 7. The second-order valence-electron chi connectivity index (χ2n) is 4.44. The minimum absolute atomic E-state index is 0.137. The van der Waals surface area contributed by atoms with E-state index < -0.39 is 0 Å². The Balaban J connectivity index is 1.80. The van der Waals surface area contributed by atoms with Gasteiger partial charge < -0.3 is 0 Å². The number of thioether (sulfide) groups is 1. The molecular formula is C14H16BrN3O2S. The molecule has 0 saturated heterocycles. The van der Waals surface area contributed by atoms with Crippen LogP contribution in [0.5, 0.6) is 0 Å². The Labute approximate surface area is 135 Å². The first-order valence-corrected chi connectivity index (χ1v) is 8.46. The number of nitrogens with zero attached hydrogens (tertiary/aromatic N) is 2. The molecule has 0 unspecified atom stereocenters. The third kappa shape index (κ3) is 4.31. The molecule has 0 aliphatic heterocycles. The Bertz CT molecular complexity index is 664. The molecule has 0 aliphatic rings. The molecule has 0 radical (unpaired) electrons. The standard InChI is InChI=1S/C14H16BrN3O2S/c1-2-18-13(20)16-17-14(18)21-9-3-4-12(19)10-5-7-11(15)8-6-10/h5-8H,2-4,9H2,1H3,(H,16,20).